The van der Waals surface area contributed by atoms with Gasteiger partial charge in [0.2, 0.25) is 0 Å². The molecule has 13 nitrogen and oxygen atoms in total. The molecule has 0 radical (unpaired) electrons. The molecule has 0 heterocycles. The summed E-state index contributed by atoms with van der Waals surface area (Å²) in [7, 11) is 12.6. The first-order chi connectivity index (χ1) is 32.4. The molecule has 0 aliphatic rings. The molecule has 0 saturated carbocycles. The molecule has 67 heavy (non-hydrogen) atoms. The zero-order valence-electron chi connectivity index (χ0n) is 39.3. The van der Waals surface area contributed by atoms with E-state index < -0.39 is 6.61 Å². The summed E-state index contributed by atoms with van der Waals surface area (Å²) < 4.78 is 41.6. The third-order valence-corrected chi connectivity index (χ3v) is 10.6. The lowest BCUT2D eigenvalue weighted by molar-refractivity contribution is 0.0592. The predicted molar refractivity (Wildman–Crippen MR) is 262 cm³/mol. The number of aliphatic hydroxyl groups excluding tert-OH is 1. The van der Waals surface area contributed by atoms with Gasteiger partial charge in [0.25, 0.3) is 0 Å². The molecule has 0 unspecified atom stereocenters. The fourth-order valence-corrected chi connectivity index (χ4v) is 6.60. The van der Waals surface area contributed by atoms with Crippen molar-refractivity contribution >= 4 is 33.7 Å². The number of ketones is 1. The van der Waals surface area contributed by atoms with Crippen molar-refractivity contribution in [1.82, 2.24) is 0 Å². The topological polar surface area (TPSA) is 171 Å². The number of Topliss-reactive ketones (excluding diaryl/α,β-unsaturated/α-hetero) is 1. The Balaban J connectivity index is 0.000000248. The summed E-state index contributed by atoms with van der Waals surface area (Å²) in [6, 6.07) is 38.9. The Labute approximate surface area is 401 Å². The Morgan fingerprint density at radius 2 is 0.791 bits per heavy atom. The number of rotatable bonds is 17. The van der Waals surface area contributed by atoms with Crippen molar-refractivity contribution < 1.29 is 57.4 Å². The zero-order chi connectivity index (χ0) is 49.1. The molecular weight excluding hydrogens is 922 g/mol. The molecule has 0 atom stereocenters. The highest BCUT2D eigenvalue weighted by Gasteiger charge is 2.10. The third kappa shape index (κ3) is 17.8. The van der Waals surface area contributed by atoms with E-state index in [1.54, 1.807) is 91.2 Å². The van der Waals surface area contributed by atoms with Crippen LogP contribution < -0.4 is 34.2 Å². The van der Waals surface area contributed by atoms with Crippen LogP contribution in [0.2, 0.25) is 0 Å². The molecule has 0 aliphatic carbocycles. The van der Waals surface area contributed by atoms with Gasteiger partial charge < -0.3 is 48.7 Å². The lowest BCUT2D eigenvalue weighted by atomic mass is 10.0. The van der Waals surface area contributed by atoms with Gasteiger partial charge in [-0.05, 0) is 139 Å². The van der Waals surface area contributed by atoms with Crippen LogP contribution in [0.25, 0.3) is 0 Å². The number of carbonyl (C=O) groups excluding carboxylic acids is 3. The van der Waals surface area contributed by atoms with Gasteiger partial charge in [-0.3, -0.25) is 4.79 Å². The fourth-order valence-electron chi connectivity index (χ4n) is 6.33. The second-order valence-electron chi connectivity index (χ2n) is 14.2. The van der Waals surface area contributed by atoms with Crippen LogP contribution in [0.1, 0.15) is 58.9 Å². The monoisotopic (exact) mass is 981 g/mol. The Bertz CT molecular complexity index is 2320. The number of aryl methyl sites for hydroxylation is 4. The van der Waals surface area contributed by atoms with E-state index in [1.165, 1.54) is 14.2 Å². The number of hydrogen-bond donors (Lipinski definition) is 2. The second kappa shape index (κ2) is 29.6. The van der Waals surface area contributed by atoms with Crippen molar-refractivity contribution in [3.8, 4) is 34.5 Å². The van der Waals surface area contributed by atoms with Crippen LogP contribution in [-0.2, 0) is 41.7 Å². The highest BCUT2D eigenvalue weighted by atomic mass is 79.9. The molecule has 0 spiro atoms. The first-order valence-corrected chi connectivity index (χ1v) is 21.8. The molecule has 3 N–H and O–H groups in total. The summed E-state index contributed by atoms with van der Waals surface area (Å²) in [5.74, 6) is 4.03. The van der Waals surface area contributed by atoms with Crippen LogP contribution in [-0.4, -0.2) is 86.3 Å². The highest BCUT2D eigenvalue weighted by Crippen LogP contribution is 2.27. The minimum atomic E-state index is -0.458. The van der Waals surface area contributed by atoms with E-state index in [1.807, 2.05) is 78.9 Å². The van der Waals surface area contributed by atoms with Gasteiger partial charge in [-0.2, -0.15) is 0 Å². The molecule has 0 amide bonds. The molecule has 6 rings (SSSR count). The maximum atomic E-state index is 11.4. The summed E-state index contributed by atoms with van der Waals surface area (Å²) in [5.41, 5.74) is 12.6. The Kier molecular flexibility index (Phi) is 24.1. The minimum Gasteiger partial charge on any atom is -0.497 e. The van der Waals surface area contributed by atoms with Gasteiger partial charge in [0.05, 0.1) is 68.0 Å². The van der Waals surface area contributed by atoms with Crippen molar-refractivity contribution in [2.45, 2.75) is 32.2 Å². The molecule has 0 saturated heterocycles. The van der Waals surface area contributed by atoms with Crippen molar-refractivity contribution in [2.24, 2.45) is 5.73 Å². The molecule has 6 aromatic carbocycles. The standard InChI is InChI=1S/2C18H20O4.C9H13NO2.C8H7BrO2/c1-20-16-10-11-17(21-2)15(12-16)9-6-13-4-7-14(8-5-13)18(19)22-3;1-21-16-9-10-18(22-2)15(11-16)8-5-13-3-6-14(7-4-13)17(20)12-19;1-11-8-3-4-9(12-2)7(5-8)6-10;1-11-8(10)6-2-4-7(9)5-3-6/h4-5,7-8,10-12H,6,9H2,1-3H3;3-4,6-7,9-11,19H,5,8,12H2,1-2H3;3-5H,6,10H2,1-2H3;2-5H,1H3. The van der Waals surface area contributed by atoms with Gasteiger partial charge in [-0.1, -0.05) is 52.3 Å². The summed E-state index contributed by atoms with van der Waals surface area (Å²) in [6.45, 7) is 0.000723. The van der Waals surface area contributed by atoms with E-state index in [-0.39, 0.29) is 17.7 Å². The number of aliphatic hydroxyl groups is 1. The highest BCUT2D eigenvalue weighted by molar-refractivity contribution is 9.10. The first kappa shape index (κ1) is 54.5. The number of esters is 2. The van der Waals surface area contributed by atoms with Crippen molar-refractivity contribution in [3.05, 3.63) is 176 Å². The number of benzene rings is 6. The summed E-state index contributed by atoms with van der Waals surface area (Å²) in [4.78, 5) is 33.7. The van der Waals surface area contributed by atoms with E-state index in [0.717, 1.165) is 92.5 Å². The Morgan fingerprint density at radius 3 is 1.12 bits per heavy atom. The molecular formula is C53H60BrNO12. The predicted octanol–water partition coefficient (Wildman–Crippen LogP) is 9.34. The average molecular weight is 983 g/mol. The maximum absolute atomic E-state index is 11.4. The Morgan fingerprint density at radius 1 is 0.448 bits per heavy atom. The van der Waals surface area contributed by atoms with Gasteiger partial charge in [-0.15, -0.1) is 0 Å². The van der Waals surface area contributed by atoms with E-state index in [2.05, 4.69) is 20.7 Å². The molecule has 0 aliphatic heterocycles. The number of halogens is 1. The van der Waals surface area contributed by atoms with Crippen LogP contribution >= 0.6 is 15.9 Å². The molecule has 356 valence electrons. The molecule has 0 bridgehead atoms. The first-order valence-electron chi connectivity index (χ1n) is 21.0. The number of hydrogen-bond acceptors (Lipinski definition) is 13. The van der Waals surface area contributed by atoms with Gasteiger partial charge in [-0.25, -0.2) is 9.59 Å². The molecule has 0 aromatic heterocycles. The summed E-state index contributed by atoms with van der Waals surface area (Å²) in [5, 5.41) is 8.84. The largest absolute Gasteiger partial charge is 0.497 e. The van der Waals surface area contributed by atoms with Crippen molar-refractivity contribution in [3.63, 3.8) is 0 Å². The van der Waals surface area contributed by atoms with Crippen molar-refractivity contribution in [1.29, 1.82) is 0 Å². The molecule has 14 heteroatoms. The molecule has 0 fully saturated rings. The van der Waals surface area contributed by atoms with Crippen LogP contribution in [0, 0.1) is 0 Å². The summed E-state index contributed by atoms with van der Waals surface area (Å²) in [6.07, 6.45) is 3.33. The average Bonchev–Trinajstić information content (AvgIpc) is 3.39. The third-order valence-electron chi connectivity index (χ3n) is 10.1. The summed E-state index contributed by atoms with van der Waals surface area (Å²) >= 11 is 3.26. The fraction of sp³-hybridized carbons (Fsp3) is 0.264. The van der Waals surface area contributed by atoms with Crippen molar-refractivity contribution in [2.75, 3.05) is 63.5 Å². The van der Waals surface area contributed by atoms with Crippen LogP contribution in [0.3, 0.4) is 0 Å². The van der Waals surface area contributed by atoms with Gasteiger partial charge >= 0.3 is 11.9 Å². The van der Waals surface area contributed by atoms with E-state index >= 15 is 0 Å². The quantitative estimate of drug-likeness (QED) is 0.0655. The number of methoxy groups -OCH3 is 8. The smallest absolute Gasteiger partial charge is 0.337 e. The number of carbonyl (C=O) groups is 3. The van der Waals surface area contributed by atoms with Crippen LogP contribution in [0.5, 0.6) is 34.5 Å². The van der Waals surface area contributed by atoms with Crippen LogP contribution in [0.4, 0.5) is 0 Å². The number of ether oxygens (including phenoxy) is 8. The van der Waals surface area contributed by atoms with E-state index in [4.69, 9.17) is 44.0 Å². The minimum absolute atomic E-state index is 0.263. The number of nitrogens with two attached hydrogens (primary N) is 1. The second-order valence-corrected chi connectivity index (χ2v) is 15.1. The lowest BCUT2D eigenvalue weighted by Gasteiger charge is -2.10. The van der Waals surface area contributed by atoms with Gasteiger partial charge in [0.15, 0.2) is 5.78 Å². The normalized spacial score (nSPS) is 9.96. The van der Waals surface area contributed by atoms with Gasteiger partial charge in [0, 0.05) is 22.1 Å². The zero-order valence-corrected chi connectivity index (χ0v) is 40.8. The Hall–Kier alpha value is -6.87. The molecule has 6 aromatic rings. The van der Waals surface area contributed by atoms with Gasteiger partial charge in [0.1, 0.15) is 41.1 Å². The SMILES string of the molecule is COC(=O)c1ccc(Br)cc1.COC(=O)c1ccc(CCc2cc(OC)ccc2OC)cc1.COc1ccc(OC)c(CCc2ccc(C(=O)CO)cc2)c1.COc1ccc(OC)c(CN)c1. The van der Waals surface area contributed by atoms with Crippen LogP contribution in [0.15, 0.2) is 132 Å². The maximum Gasteiger partial charge on any atom is 0.337 e. The van der Waals surface area contributed by atoms with E-state index in [9.17, 15) is 14.4 Å². The lowest BCUT2D eigenvalue weighted by Crippen LogP contribution is -2.04. The van der Waals surface area contributed by atoms with E-state index in [0.29, 0.717) is 23.2 Å².